The quantitative estimate of drug-likeness (QED) is 0.534. The normalized spacial score (nSPS) is 23.2. The number of nitrogens with zero attached hydrogens (tertiary/aromatic N) is 1. The van der Waals surface area contributed by atoms with Crippen molar-refractivity contribution < 1.29 is 28.6 Å². The molecule has 2 heterocycles. The van der Waals surface area contributed by atoms with Crippen molar-refractivity contribution in [1.29, 1.82) is 0 Å². The zero-order valence-corrected chi connectivity index (χ0v) is 16.7. The molecule has 1 aromatic rings. The van der Waals surface area contributed by atoms with Crippen LogP contribution in [0.4, 0.5) is 0 Å². The molecular formula is C19H22N2O6S. The fourth-order valence-electron chi connectivity index (χ4n) is 3.11. The van der Waals surface area contributed by atoms with Crippen molar-refractivity contribution in [1.82, 2.24) is 10.2 Å². The van der Waals surface area contributed by atoms with Crippen LogP contribution in [-0.4, -0.2) is 61.0 Å². The van der Waals surface area contributed by atoms with Crippen molar-refractivity contribution >= 4 is 29.5 Å². The number of carbonyl (C=O) groups excluding carboxylic acids is 3. The molecule has 1 aromatic carbocycles. The van der Waals surface area contributed by atoms with Crippen LogP contribution in [0.15, 0.2) is 35.2 Å². The van der Waals surface area contributed by atoms with E-state index in [1.807, 2.05) is 24.3 Å². The van der Waals surface area contributed by atoms with Crippen LogP contribution in [0.3, 0.4) is 0 Å². The summed E-state index contributed by atoms with van der Waals surface area (Å²) in [5.41, 5.74) is 1.46. The minimum absolute atomic E-state index is 0.0445. The van der Waals surface area contributed by atoms with Gasteiger partial charge in [0.2, 0.25) is 5.91 Å². The lowest BCUT2D eigenvalue weighted by atomic mass is 9.99. The minimum atomic E-state index is -0.831. The van der Waals surface area contributed by atoms with Crippen LogP contribution in [0.5, 0.6) is 5.75 Å². The second kappa shape index (κ2) is 8.66. The number of β-lactam (4-membered cyclic amide) rings is 1. The Bertz CT molecular complexity index is 794. The molecule has 2 amide bonds. The Labute approximate surface area is 167 Å². The van der Waals surface area contributed by atoms with Crippen LogP contribution in [0, 0.1) is 0 Å². The van der Waals surface area contributed by atoms with Crippen LogP contribution < -0.4 is 10.1 Å². The van der Waals surface area contributed by atoms with Crippen molar-refractivity contribution in [3.05, 3.63) is 40.8 Å². The van der Waals surface area contributed by atoms with E-state index in [0.29, 0.717) is 12.1 Å². The van der Waals surface area contributed by atoms with Crippen LogP contribution in [-0.2, 0) is 30.4 Å². The molecule has 28 heavy (non-hydrogen) atoms. The van der Waals surface area contributed by atoms with Gasteiger partial charge in [0, 0.05) is 26.2 Å². The number of fused-ring (bicyclic) bond motifs is 1. The first-order chi connectivity index (χ1) is 13.5. The number of carbonyl (C=O) groups is 3. The van der Waals surface area contributed by atoms with Gasteiger partial charge in [-0.3, -0.25) is 14.4 Å². The highest BCUT2D eigenvalue weighted by atomic mass is 32.2. The number of hydrogen-bond acceptors (Lipinski definition) is 7. The molecule has 150 valence electrons. The number of amides is 2. The molecule has 9 heteroatoms. The molecule has 0 radical (unpaired) electrons. The zero-order valence-electron chi connectivity index (χ0n) is 15.8. The molecule has 1 unspecified atom stereocenters. The predicted molar refractivity (Wildman–Crippen MR) is 102 cm³/mol. The molecule has 1 N–H and O–H groups in total. The first-order valence-electron chi connectivity index (χ1n) is 8.69. The summed E-state index contributed by atoms with van der Waals surface area (Å²) >= 11 is 1.38. The maximum Gasteiger partial charge on any atom is 0.302 e. The molecule has 3 atom stereocenters. The number of ether oxygens (including phenoxy) is 3. The molecule has 2 aliphatic rings. The molecule has 8 nitrogen and oxygen atoms in total. The van der Waals surface area contributed by atoms with E-state index in [2.05, 4.69) is 5.32 Å². The van der Waals surface area contributed by atoms with Crippen molar-refractivity contribution in [2.24, 2.45) is 0 Å². The maximum atomic E-state index is 12.9. The molecule has 0 bridgehead atoms. The molecular weight excluding hydrogens is 384 g/mol. The number of thioether (sulfide) groups is 1. The molecule has 1 saturated heterocycles. The Morgan fingerprint density at radius 2 is 1.93 bits per heavy atom. The highest BCUT2D eigenvalue weighted by Crippen LogP contribution is 2.41. The van der Waals surface area contributed by atoms with Crippen LogP contribution in [0.25, 0.3) is 0 Å². The highest BCUT2D eigenvalue weighted by molar-refractivity contribution is 8.02. The number of esters is 1. The summed E-state index contributed by atoms with van der Waals surface area (Å²) in [5.74, 6) is -0.304. The summed E-state index contributed by atoms with van der Waals surface area (Å²) in [5, 5.41) is 4.37. The van der Waals surface area contributed by atoms with Gasteiger partial charge in [-0.25, -0.2) is 0 Å². The summed E-state index contributed by atoms with van der Waals surface area (Å²) in [6.45, 7) is 1.55. The van der Waals surface area contributed by atoms with Gasteiger partial charge in [0.1, 0.15) is 23.8 Å². The molecule has 0 saturated carbocycles. The third kappa shape index (κ3) is 4.00. The van der Waals surface area contributed by atoms with Gasteiger partial charge >= 0.3 is 5.97 Å². The van der Waals surface area contributed by atoms with E-state index in [-0.39, 0.29) is 23.8 Å². The third-order valence-electron chi connectivity index (χ3n) is 4.59. The highest BCUT2D eigenvalue weighted by Gasteiger charge is 2.55. The summed E-state index contributed by atoms with van der Waals surface area (Å²) in [6.07, 6.45) is -0.576. The van der Waals surface area contributed by atoms with Gasteiger partial charge in [-0.1, -0.05) is 12.1 Å². The zero-order chi connectivity index (χ0) is 20.3. The summed E-state index contributed by atoms with van der Waals surface area (Å²) in [4.78, 5) is 38.0. The Balaban J connectivity index is 1.72. The fraction of sp³-hybridized carbons (Fsp3) is 0.421. The standard InChI is InChI=1S/C19H22N2O6S/c1-11(22)27-9-13-10-28-19-16(26-3)18(24)21(19)15(13)17(23)20-8-12-4-6-14(25-2)7-5-12/h4-7,10,15-16,19H,8-9H2,1-3H3,(H,20,23)/t15?,16-,19-/m0/s1. The van der Waals surface area contributed by atoms with Crippen LogP contribution >= 0.6 is 11.8 Å². The predicted octanol–water partition coefficient (Wildman–Crippen LogP) is 1.06. The monoisotopic (exact) mass is 406 g/mol. The van der Waals surface area contributed by atoms with E-state index in [0.717, 1.165) is 11.3 Å². The van der Waals surface area contributed by atoms with Gasteiger partial charge in [-0.15, -0.1) is 11.8 Å². The first kappa shape index (κ1) is 20.2. The van der Waals surface area contributed by atoms with E-state index in [4.69, 9.17) is 14.2 Å². The Morgan fingerprint density at radius 1 is 1.21 bits per heavy atom. The molecule has 0 aliphatic carbocycles. The van der Waals surface area contributed by atoms with E-state index in [1.165, 1.54) is 30.7 Å². The average Bonchev–Trinajstić information content (AvgIpc) is 2.70. The van der Waals surface area contributed by atoms with E-state index in [1.54, 1.807) is 12.5 Å². The Hall–Kier alpha value is -2.52. The second-order valence-corrected chi connectivity index (χ2v) is 7.36. The second-order valence-electron chi connectivity index (χ2n) is 6.37. The van der Waals surface area contributed by atoms with Crippen molar-refractivity contribution in [2.75, 3.05) is 20.8 Å². The van der Waals surface area contributed by atoms with Gasteiger partial charge in [-0.05, 0) is 23.1 Å². The lowest BCUT2D eigenvalue weighted by Crippen LogP contribution is -2.70. The van der Waals surface area contributed by atoms with Crippen molar-refractivity contribution in [3.63, 3.8) is 0 Å². The van der Waals surface area contributed by atoms with Gasteiger partial charge < -0.3 is 24.4 Å². The SMILES string of the molecule is COc1ccc(CNC(=O)C2C(COC(C)=O)=CS[C@H]3[C@@H](OC)C(=O)N23)cc1. The first-order valence-corrected chi connectivity index (χ1v) is 9.64. The molecule has 0 aromatic heterocycles. The Kier molecular flexibility index (Phi) is 6.25. The van der Waals surface area contributed by atoms with Gasteiger partial charge in [-0.2, -0.15) is 0 Å². The van der Waals surface area contributed by atoms with Crippen molar-refractivity contribution in [2.45, 2.75) is 31.0 Å². The molecule has 2 aliphatic heterocycles. The largest absolute Gasteiger partial charge is 0.497 e. The number of nitrogens with one attached hydrogen (secondary N) is 1. The molecule has 1 fully saturated rings. The fourth-order valence-corrected chi connectivity index (χ4v) is 4.35. The van der Waals surface area contributed by atoms with E-state index >= 15 is 0 Å². The van der Waals surface area contributed by atoms with Gasteiger partial charge in [0.25, 0.3) is 5.91 Å². The van der Waals surface area contributed by atoms with Crippen LogP contribution in [0.1, 0.15) is 12.5 Å². The van der Waals surface area contributed by atoms with Crippen molar-refractivity contribution in [3.8, 4) is 5.75 Å². The Morgan fingerprint density at radius 3 is 2.54 bits per heavy atom. The number of hydrogen-bond donors (Lipinski definition) is 1. The maximum absolute atomic E-state index is 12.9. The van der Waals surface area contributed by atoms with Crippen LogP contribution in [0.2, 0.25) is 0 Å². The lowest BCUT2D eigenvalue weighted by Gasteiger charge is -2.51. The number of methoxy groups -OCH3 is 2. The van der Waals surface area contributed by atoms with E-state index in [9.17, 15) is 14.4 Å². The topological polar surface area (TPSA) is 94.2 Å². The summed E-state index contributed by atoms with van der Waals surface area (Å²) in [7, 11) is 3.06. The molecule has 0 spiro atoms. The smallest absolute Gasteiger partial charge is 0.302 e. The lowest BCUT2D eigenvalue weighted by molar-refractivity contribution is -0.168. The van der Waals surface area contributed by atoms with E-state index < -0.39 is 18.1 Å². The molecule has 3 rings (SSSR count). The summed E-state index contributed by atoms with van der Waals surface area (Å²) < 4.78 is 15.4. The van der Waals surface area contributed by atoms with Gasteiger partial charge in [0.15, 0.2) is 6.10 Å². The minimum Gasteiger partial charge on any atom is -0.497 e. The number of rotatable bonds is 7. The third-order valence-corrected chi connectivity index (χ3v) is 5.78. The number of benzene rings is 1. The average molecular weight is 406 g/mol. The summed E-state index contributed by atoms with van der Waals surface area (Å²) in [6, 6.07) is 6.49. The van der Waals surface area contributed by atoms with Gasteiger partial charge in [0.05, 0.1) is 7.11 Å².